The van der Waals surface area contributed by atoms with Gasteiger partial charge in [0.25, 0.3) is 0 Å². The van der Waals surface area contributed by atoms with Crippen LogP contribution in [0.1, 0.15) is 39.8 Å². The maximum atomic E-state index is 12.7. The molecule has 1 aromatic heterocycles. The van der Waals surface area contributed by atoms with Crippen molar-refractivity contribution in [2.45, 2.75) is 32.0 Å². The molecule has 26 heavy (non-hydrogen) atoms. The number of ketones is 1. The third-order valence-corrected chi connectivity index (χ3v) is 4.23. The van der Waals surface area contributed by atoms with E-state index in [4.69, 9.17) is 4.74 Å². The number of esters is 1. The van der Waals surface area contributed by atoms with Gasteiger partial charge in [0.2, 0.25) is 0 Å². The topological polar surface area (TPSA) is 88.3 Å². The number of halogens is 3. The van der Waals surface area contributed by atoms with Gasteiger partial charge < -0.3 is 15.0 Å². The van der Waals surface area contributed by atoms with Gasteiger partial charge >= 0.3 is 18.1 Å². The second-order valence-electron chi connectivity index (χ2n) is 5.85. The van der Waals surface area contributed by atoms with E-state index in [0.29, 0.717) is 16.5 Å². The number of aromatic nitrogens is 1. The molecule has 1 heterocycles. The first-order chi connectivity index (χ1) is 12.2. The normalized spacial score (nSPS) is 17.1. The van der Waals surface area contributed by atoms with E-state index in [9.17, 15) is 27.6 Å². The summed E-state index contributed by atoms with van der Waals surface area (Å²) in [4.78, 5) is 39.0. The van der Waals surface area contributed by atoms with Crippen molar-refractivity contribution >= 4 is 28.6 Å². The molecule has 9 heteroatoms. The van der Waals surface area contributed by atoms with Gasteiger partial charge in [0, 0.05) is 16.5 Å². The zero-order valence-electron chi connectivity index (χ0n) is 13.7. The van der Waals surface area contributed by atoms with Crippen LogP contribution in [-0.4, -0.2) is 41.5 Å². The number of carbonyl (C=O) groups excluding carboxylic acids is 3. The zero-order valence-corrected chi connectivity index (χ0v) is 13.7. The van der Waals surface area contributed by atoms with Crippen LogP contribution in [-0.2, 0) is 16.0 Å². The number of hydrogen-bond acceptors (Lipinski definition) is 4. The van der Waals surface area contributed by atoms with Crippen LogP contribution in [0.2, 0.25) is 0 Å². The highest BCUT2D eigenvalue weighted by Crippen LogP contribution is 2.32. The quantitative estimate of drug-likeness (QED) is 0.815. The average molecular weight is 368 g/mol. The molecule has 0 saturated heterocycles. The molecule has 0 fully saturated rings. The smallest absolute Gasteiger partial charge is 0.461 e. The van der Waals surface area contributed by atoms with Crippen LogP contribution < -0.4 is 5.32 Å². The fraction of sp³-hybridized carbons (Fsp3) is 0.353. The molecule has 0 spiro atoms. The molecule has 2 aromatic rings. The Balaban J connectivity index is 2.03. The molecule has 1 aromatic carbocycles. The largest absolute Gasteiger partial charge is 0.471 e. The monoisotopic (exact) mass is 368 g/mol. The predicted octanol–water partition coefficient (Wildman–Crippen LogP) is 2.52. The molecule has 1 aliphatic carbocycles. The molecule has 1 amide bonds. The lowest BCUT2D eigenvalue weighted by Crippen LogP contribution is -2.46. The molecule has 0 saturated carbocycles. The molecule has 138 valence electrons. The van der Waals surface area contributed by atoms with Gasteiger partial charge in [-0.3, -0.25) is 9.59 Å². The van der Waals surface area contributed by atoms with Gasteiger partial charge in [-0.05, 0) is 31.4 Å². The Morgan fingerprint density at radius 2 is 2.08 bits per heavy atom. The first-order valence-corrected chi connectivity index (χ1v) is 7.96. The first kappa shape index (κ1) is 18.0. The van der Waals surface area contributed by atoms with Crippen LogP contribution in [0.25, 0.3) is 10.9 Å². The number of aromatic amines is 1. The van der Waals surface area contributed by atoms with Gasteiger partial charge in [0.1, 0.15) is 5.69 Å². The molecule has 3 rings (SSSR count). The number of rotatable bonds is 3. The number of amides is 1. The van der Waals surface area contributed by atoms with Crippen molar-refractivity contribution in [3.8, 4) is 0 Å². The van der Waals surface area contributed by atoms with Gasteiger partial charge in [0.15, 0.2) is 5.78 Å². The zero-order chi connectivity index (χ0) is 19.1. The molecular weight excluding hydrogens is 353 g/mol. The second kappa shape index (κ2) is 6.47. The molecule has 2 N–H and O–H groups in total. The summed E-state index contributed by atoms with van der Waals surface area (Å²) < 4.78 is 42.6. The Bertz CT molecular complexity index is 901. The highest BCUT2D eigenvalue weighted by molar-refractivity contribution is 6.14. The number of carbonyl (C=O) groups is 3. The summed E-state index contributed by atoms with van der Waals surface area (Å²) in [5, 5.41) is 2.23. The first-order valence-electron chi connectivity index (χ1n) is 7.96. The molecule has 1 aliphatic rings. The highest BCUT2D eigenvalue weighted by atomic mass is 19.4. The Kier molecular flexibility index (Phi) is 4.47. The standard InChI is InChI=1S/C17H15F3N2O4/c1-2-26-15(24)13-8-6-7-11(22-16(25)17(18,19)20)14(23)9-4-3-5-10(21-13)12(8)9/h3-5,11,21H,2,6-7H2,1H3,(H,22,25)/t11-/m0/s1. The maximum absolute atomic E-state index is 12.7. The van der Waals surface area contributed by atoms with Crippen molar-refractivity contribution in [3.63, 3.8) is 0 Å². The van der Waals surface area contributed by atoms with Crippen LogP contribution in [0.4, 0.5) is 13.2 Å². The summed E-state index contributed by atoms with van der Waals surface area (Å²) in [6.07, 6.45) is -5.00. The van der Waals surface area contributed by atoms with Crippen LogP contribution in [0, 0.1) is 0 Å². The minimum atomic E-state index is -5.08. The maximum Gasteiger partial charge on any atom is 0.471 e. The molecule has 1 atom stereocenters. The predicted molar refractivity (Wildman–Crippen MR) is 84.9 cm³/mol. The fourth-order valence-corrected chi connectivity index (χ4v) is 3.13. The molecular formula is C17H15F3N2O4. The summed E-state index contributed by atoms with van der Waals surface area (Å²) in [5.41, 5.74) is 1.35. The van der Waals surface area contributed by atoms with E-state index in [-0.39, 0.29) is 30.7 Å². The number of benzene rings is 1. The van der Waals surface area contributed by atoms with Crippen LogP contribution >= 0.6 is 0 Å². The van der Waals surface area contributed by atoms with Gasteiger partial charge in [0.05, 0.1) is 12.6 Å². The summed E-state index contributed by atoms with van der Waals surface area (Å²) in [5.74, 6) is -3.39. The minimum Gasteiger partial charge on any atom is -0.461 e. The third-order valence-electron chi connectivity index (χ3n) is 4.23. The van der Waals surface area contributed by atoms with Crippen molar-refractivity contribution in [2.24, 2.45) is 0 Å². The lowest BCUT2D eigenvalue weighted by molar-refractivity contribution is -0.174. The number of aryl methyl sites for hydroxylation is 1. The van der Waals surface area contributed by atoms with Crippen molar-refractivity contribution in [1.82, 2.24) is 10.3 Å². The lowest BCUT2D eigenvalue weighted by atomic mass is 10.0. The number of H-pyrrole nitrogens is 1. The highest BCUT2D eigenvalue weighted by Gasteiger charge is 2.41. The number of nitrogens with one attached hydrogen (secondary N) is 2. The van der Waals surface area contributed by atoms with E-state index in [1.54, 1.807) is 24.4 Å². The number of alkyl halides is 3. The van der Waals surface area contributed by atoms with E-state index in [1.165, 1.54) is 6.07 Å². The Hall–Kier alpha value is -2.84. The summed E-state index contributed by atoms with van der Waals surface area (Å²) >= 11 is 0. The fourth-order valence-electron chi connectivity index (χ4n) is 3.13. The van der Waals surface area contributed by atoms with Crippen molar-refractivity contribution in [3.05, 3.63) is 35.0 Å². The van der Waals surface area contributed by atoms with Gasteiger partial charge in [-0.1, -0.05) is 12.1 Å². The van der Waals surface area contributed by atoms with Crippen LogP contribution in [0.5, 0.6) is 0 Å². The van der Waals surface area contributed by atoms with Crippen LogP contribution in [0.3, 0.4) is 0 Å². The van der Waals surface area contributed by atoms with Gasteiger partial charge in [-0.25, -0.2) is 4.79 Å². The van der Waals surface area contributed by atoms with Crippen molar-refractivity contribution in [2.75, 3.05) is 6.61 Å². The van der Waals surface area contributed by atoms with Crippen LogP contribution in [0.15, 0.2) is 18.2 Å². The number of Topliss-reactive ketones (excluding diaryl/α,β-unsaturated/α-hetero) is 1. The second-order valence-corrected chi connectivity index (χ2v) is 5.85. The lowest BCUT2D eigenvalue weighted by Gasteiger charge is -2.17. The molecule has 0 bridgehead atoms. The number of hydrogen-bond donors (Lipinski definition) is 2. The number of ether oxygens (including phenoxy) is 1. The van der Waals surface area contributed by atoms with Gasteiger partial charge in [-0.15, -0.1) is 0 Å². The SMILES string of the molecule is CCOC(=O)c1[nH]c2cccc3c2c1CC[C@H](NC(=O)C(F)(F)F)C3=O. The third kappa shape index (κ3) is 3.04. The summed E-state index contributed by atoms with van der Waals surface area (Å²) in [6, 6.07) is 3.36. The van der Waals surface area contributed by atoms with E-state index in [0.717, 1.165) is 0 Å². The Morgan fingerprint density at radius 3 is 2.73 bits per heavy atom. The molecule has 0 radical (unpaired) electrons. The van der Waals surface area contributed by atoms with Crippen molar-refractivity contribution in [1.29, 1.82) is 0 Å². The molecule has 6 nitrogen and oxygen atoms in total. The minimum absolute atomic E-state index is 0.0608. The van der Waals surface area contributed by atoms with E-state index < -0.39 is 29.9 Å². The molecule has 0 aliphatic heterocycles. The Morgan fingerprint density at radius 1 is 1.35 bits per heavy atom. The van der Waals surface area contributed by atoms with E-state index in [2.05, 4.69) is 4.98 Å². The van der Waals surface area contributed by atoms with E-state index in [1.807, 2.05) is 0 Å². The van der Waals surface area contributed by atoms with E-state index >= 15 is 0 Å². The average Bonchev–Trinajstić information content (AvgIpc) is 2.89. The Labute approximate surface area is 145 Å². The van der Waals surface area contributed by atoms with Crippen molar-refractivity contribution < 1.29 is 32.3 Å². The molecule has 0 unspecified atom stereocenters. The summed E-state index contributed by atoms with van der Waals surface area (Å²) in [7, 11) is 0. The summed E-state index contributed by atoms with van der Waals surface area (Å²) in [6.45, 7) is 1.81. The van der Waals surface area contributed by atoms with Gasteiger partial charge in [-0.2, -0.15) is 13.2 Å².